The Morgan fingerprint density at radius 1 is 0.500 bits per heavy atom. The second kappa shape index (κ2) is 47.6. The molecule has 0 aliphatic rings. The zero-order chi connectivity index (χ0) is 43.8. The molecule has 3 atom stereocenters. The molecule has 0 spiro atoms. The van der Waals surface area contributed by atoms with Gasteiger partial charge in [-0.1, -0.05) is 204 Å². The van der Waals surface area contributed by atoms with Crippen LogP contribution in [0.15, 0.2) is 60.8 Å². The first-order valence-electron chi connectivity index (χ1n) is 25.5. The maximum absolute atomic E-state index is 13.2. The number of ether oxygens (including phenoxy) is 1. The first-order chi connectivity index (χ1) is 29.5. The standard InChI is InChI=1S/C54H97NO5/c1-4-7-10-13-16-19-22-24-25-26-27-28-29-30-32-35-38-41-44-47-54(59)60-50(45-42-39-36-33-31-23-20-17-14-11-8-5-2)48-53(58)55-51(49-56)52(57)46-43-40-37-34-21-18-15-12-9-6-3/h8,11,16-17,19-20,24-25,31,33,50-52,56-57H,4-7,9-10,12-15,18,21-23,26-30,32,34-49H2,1-3H3,(H,55,58)/b11-8+,19-16-,20-17+,25-24-,33-31+. The van der Waals surface area contributed by atoms with Crippen molar-refractivity contribution in [2.24, 2.45) is 0 Å². The number of hydrogen-bond donors (Lipinski definition) is 3. The number of unbranched alkanes of at least 4 members (excludes halogenated alkanes) is 23. The van der Waals surface area contributed by atoms with E-state index in [0.29, 0.717) is 19.3 Å². The van der Waals surface area contributed by atoms with Crippen molar-refractivity contribution in [3.8, 4) is 0 Å². The van der Waals surface area contributed by atoms with Crippen molar-refractivity contribution in [2.75, 3.05) is 6.61 Å². The van der Waals surface area contributed by atoms with Crippen LogP contribution in [0.1, 0.15) is 245 Å². The number of rotatable bonds is 45. The van der Waals surface area contributed by atoms with Crippen LogP contribution in [0.25, 0.3) is 0 Å². The Bertz CT molecular complexity index is 1080. The molecule has 0 aliphatic heterocycles. The van der Waals surface area contributed by atoms with E-state index >= 15 is 0 Å². The number of amides is 1. The van der Waals surface area contributed by atoms with Gasteiger partial charge < -0.3 is 20.3 Å². The minimum atomic E-state index is -0.798. The lowest BCUT2D eigenvalue weighted by Crippen LogP contribution is -2.46. The van der Waals surface area contributed by atoms with Crippen LogP contribution in [0.5, 0.6) is 0 Å². The van der Waals surface area contributed by atoms with Gasteiger partial charge in [-0.25, -0.2) is 0 Å². The Labute approximate surface area is 371 Å². The summed E-state index contributed by atoms with van der Waals surface area (Å²) in [6.07, 6.45) is 58.6. The van der Waals surface area contributed by atoms with Crippen LogP contribution in [-0.2, 0) is 14.3 Å². The second-order valence-corrected chi connectivity index (χ2v) is 17.2. The van der Waals surface area contributed by atoms with Crippen molar-refractivity contribution in [1.82, 2.24) is 5.32 Å². The predicted molar refractivity (Wildman–Crippen MR) is 259 cm³/mol. The number of esters is 1. The highest BCUT2D eigenvalue weighted by molar-refractivity contribution is 5.77. The van der Waals surface area contributed by atoms with Crippen molar-refractivity contribution in [3.05, 3.63) is 60.8 Å². The number of aliphatic hydroxyl groups is 2. The number of allylic oxidation sites excluding steroid dienone is 10. The maximum Gasteiger partial charge on any atom is 0.306 e. The third kappa shape index (κ3) is 42.3. The van der Waals surface area contributed by atoms with Gasteiger partial charge in [-0.15, -0.1) is 0 Å². The zero-order valence-corrected chi connectivity index (χ0v) is 39.6. The molecule has 0 aromatic rings. The van der Waals surface area contributed by atoms with Crippen LogP contribution in [-0.4, -0.2) is 46.9 Å². The summed E-state index contributed by atoms with van der Waals surface area (Å²) < 4.78 is 5.91. The molecule has 0 radical (unpaired) electrons. The van der Waals surface area contributed by atoms with Gasteiger partial charge in [0.2, 0.25) is 5.91 Å². The monoisotopic (exact) mass is 840 g/mol. The summed E-state index contributed by atoms with van der Waals surface area (Å²) in [6.45, 7) is 6.32. The fourth-order valence-electron chi connectivity index (χ4n) is 7.47. The fourth-order valence-corrected chi connectivity index (χ4v) is 7.47. The van der Waals surface area contributed by atoms with Crippen molar-refractivity contribution in [3.63, 3.8) is 0 Å². The van der Waals surface area contributed by atoms with E-state index in [1.807, 2.05) is 0 Å². The van der Waals surface area contributed by atoms with Gasteiger partial charge >= 0.3 is 5.97 Å². The normalized spacial score (nSPS) is 13.8. The molecule has 0 rings (SSSR count). The van der Waals surface area contributed by atoms with E-state index in [2.05, 4.69) is 86.8 Å². The summed E-state index contributed by atoms with van der Waals surface area (Å²) in [6, 6.07) is -0.714. The number of aliphatic hydroxyl groups excluding tert-OH is 2. The van der Waals surface area contributed by atoms with E-state index < -0.39 is 18.2 Å². The molecule has 0 heterocycles. The lowest BCUT2D eigenvalue weighted by molar-refractivity contribution is -0.151. The minimum Gasteiger partial charge on any atom is -0.462 e. The molecule has 0 aromatic carbocycles. The van der Waals surface area contributed by atoms with Crippen molar-refractivity contribution in [1.29, 1.82) is 0 Å². The highest BCUT2D eigenvalue weighted by Crippen LogP contribution is 2.17. The van der Waals surface area contributed by atoms with Gasteiger partial charge in [0.1, 0.15) is 6.10 Å². The molecule has 0 saturated carbocycles. The highest BCUT2D eigenvalue weighted by atomic mass is 16.5. The molecule has 6 nitrogen and oxygen atoms in total. The van der Waals surface area contributed by atoms with E-state index in [1.54, 1.807) is 0 Å². The van der Waals surface area contributed by atoms with Crippen LogP contribution in [0.3, 0.4) is 0 Å². The Morgan fingerprint density at radius 2 is 0.900 bits per heavy atom. The zero-order valence-electron chi connectivity index (χ0n) is 39.6. The lowest BCUT2D eigenvalue weighted by Gasteiger charge is -2.24. The molecule has 0 saturated heterocycles. The molecule has 3 N–H and O–H groups in total. The Hall–Kier alpha value is -2.44. The predicted octanol–water partition coefficient (Wildman–Crippen LogP) is 15.2. The molecule has 60 heavy (non-hydrogen) atoms. The summed E-state index contributed by atoms with van der Waals surface area (Å²) >= 11 is 0. The molecular formula is C54H97NO5. The van der Waals surface area contributed by atoms with Crippen LogP contribution < -0.4 is 5.32 Å². The van der Waals surface area contributed by atoms with E-state index in [1.165, 1.54) is 116 Å². The van der Waals surface area contributed by atoms with Crippen LogP contribution in [0.4, 0.5) is 0 Å². The summed E-state index contributed by atoms with van der Waals surface area (Å²) in [4.78, 5) is 26.1. The molecule has 348 valence electrons. The average Bonchev–Trinajstić information content (AvgIpc) is 3.24. The topological polar surface area (TPSA) is 95.9 Å². The van der Waals surface area contributed by atoms with E-state index in [9.17, 15) is 19.8 Å². The van der Waals surface area contributed by atoms with Gasteiger partial charge in [0.15, 0.2) is 0 Å². The van der Waals surface area contributed by atoms with E-state index in [0.717, 1.165) is 83.5 Å². The third-order valence-corrected chi connectivity index (χ3v) is 11.3. The summed E-state index contributed by atoms with van der Waals surface area (Å²) in [5.41, 5.74) is 0. The molecular weight excluding hydrogens is 743 g/mol. The van der Waals surface area contributed by atoms with Gasteiger partial charge in [-0.3, -0.25) is 9.59 Å². The average molecular weight is 840 g/mol. The maximum atomic E-state index is 13.2. The highest BCUT2D eigenvalue weighted by Gasteiger charge is 2.24. The first kappa shape index (κ1) is 57.6. The molecule has 6 heteroatoms. The fraction of sp³-hybridized carbons (Fsp3) is 0.778. The van der Waals surface area contributed by atoms with Crippen LogP contribution >= 0.6 is 0 Å². The van der Waals surface area contributed by atoms with E-state index in [-0.39, 0.29) is 24.9 Å². The van der Waals surface area contributed by atoms with Crippen LogP contribution in [0, 0.1) is 0 Å². The largest absolute Gasteiger partial charge is 0.462 e. The van der Waals surface area contributed by atoms with Gasteiger partial charge in [0.25, 0.3) is 0 Å². The van der Waals surface area contributed by atoms with Crippen molar-refractivity contribution in [2.45, 2.75) is 264 Å². The number of carbonyl (C=O) groups is 2. The van der Waals surface area contributed by atoms with Crippen molar-refractivity contribution < 1.29 is 24.5 Å². The summed E-state index contributed by atoms with van der Waals surface area (Å²) in [5, 5.41) is 23.7. The van der Waals surface area contributed by atoms with Gasteiger partial charge in [0, 0.05) is 6.42 Å². The summed E-state index contributed by atoms with van der Waals surface area (Å²) in [7, 11) is 0. The molecule has 3 unspecified atom stereocenters. The third-order valence-electron chi connectivity index (χ3n) is 11.3. The number of nitrogens with one attached hydrogen (secondary N) is 1. The first-order valence-corrected chi connectivity index (χ1v) is 25.5. The molecule has 0 aliphatic carbocycles. The quantitative estimate of drug-likeness (QED) is 0.0322. The van der Waals surface area contributed by atoms with Gasteiger partial charge in [0.05, 0.1) is 25.2 Å². The van der Waals surface area contributed by atoms with Crippen LogP contribution in [0.2, 0.25) is 0 Å². The second-order valence-electron chi connectivity index (χ2n) is 17.2. The Morgan fingerprint density at radius 3 is 1.42 bits per heavy atom. The number of carbonyl (C=O) groups excluding carboxylic acids is 2. The number of hydrogen-bond acceptors (Lipinski definition) is 5. The Kier molecular flexibility index (Phi) is 45.7. The SMILES string of the molecule is CC/C=C/C/C=C/C/C=C/CCCCC(CC(=O)NC(CO)C(O)CCCCCCCCCCCC)OC(=O)CCCCCCCCCCC/C=C\C/C=C\CCCCC. The molecule has 1 amide bonds. The molecule has 0 aromatic heterocycles. The lowest BCUT2D eigenvalue weighted by atomic mass is 10.0. The van der Waals surface area contributed by atoms with Crippen molar-refractivity contribution >= 4 is 11.9 Å². The smallest absolute Gasteiger partial charge is 0.306 e. The minimum absolute atomic E-state index is 0.0488. The summed E-state index contributed by atoms with van der Waals surface area (Å²) in [5.74, 6) is -0.517. The molecule has 0 fully saturated rings. The van der Waals surface area contributed by atoms with E-state index in [4.69, 9.17) is 4.74 Å². The van der Waals surface area contributed by atoms with Gasteiger partial charge in [-0.05, 0) is 89.9 Å². The Balaban J connectivity index is 4.55. The molecule has 0 bridgehead atoms. The van der Waals surface area contributed by atoms with Gasteiger partial charge in [-0.2, -0.15) is 0 Å².